The average molecular weight is 247 g/mol. The molecule has 0 radical (unpaired) electrons. The second-order valence-corrected chi connectivity index (χ2v) is 4.53. The molecule has 0 aliphatic heterocycles. The van der Waals surface area contributed by atoms with Gasteiger partial charge in [0.15, 0.2) is 0 Å². The van der Waals surface area contributed by atoms with Crippen LogP contribution in [0.4, 0.5) is 0 Å². The molecular weight excluding hydrogens is 226 g/mol. The van der Waals surface area contributed by atoms with Crippen molar-refractivity contribution >= 4 is 10.9 Å². The van der Waals surface area contributed by atoms with E-state index >= 15 is 0 Å². The molecule has 0 spiro atoms. The molecule has 1 aromatic heterocycles. The van der Waals surface area contributed by atoms with E-state index in [9.17, 15) is 0 Å². The van der Waals surface area contributed by atoms with Crippen molar-refractivity contribution in [3.63, 3.8) is 0 Å². The molecule has 4 heteroatoms. The number of nitrogens with one attached hydrogen (secondary N) is 1. The Bertz CT molecular complexity index is 507. The lowest BCUT2D eigenvalue weighted by molar-refractivity contribution is 0.127. The first-order valence-electron chi connectivity index (χ1n) is 6.44. The molecule has 0 saturated heterocycles. The summed E-state index contributed by atoms with van der Waals surface area (Å²) in [6.07, 6.45) is 0. The maximum Gasteiger partial charge on any atom is 0.0841 e. The van der Waals surface area contributed by atoms with Gasteiger partial charge in [0.2, 0.25) is 0 Å². The molecule has 0 bridgehead atoms. The molecule has 2 rings (SSSR count). The van der Waals surface area contributed by atoms with Crippen molar-refractivity contribution < 1.29 is 4.74 Å². The molecular formula is C14H21N3O. The maximum atomic E-state index is 5.39. The molecule has 18 heavy (non-hydrogen) atoms. The van der Waals surface area contributed by atoms with Gasteiger partial charge in [0.25, 0.3) is 0 Å². The summed E-state index contributed by atoms with van der Waals surface area (Å²) in [4.78, 5) is 0. The van der Waals surface area contributed by atoms with E-state index in [1.165, 1.54) is 10.9 Å². The van der Waals surface area contributed by atoms with Crippen molar-refractivity contribution in [3.05, 3.63) is 30.0 Å². The molecule has 0 aliphatic carbocycles. The monoisotopic (exact) mass is 247 g/mol. The minimum atomic E-state index is 0.339. The standard InChI is InChI=1S/C14H21N3O/c1-4-18-10-11(2)15-9-13-12-7-5-6-8-14(12)17(3)16-13/h5-8,11,15H,4,9-10H2,1-3H3. The van der Waals surface area contributed by atoms with Crippen LogP contribution in [-0.2, 0) is 18.3 Å². The van der Waals surface area contributed by atoms with Gasteiger partial charge in [0.05, 0.1) is 17.8 Å². The molecule has 0 amide bonds. The predicted octanol–water partition coefficient (Wildman–Crippen LogP) is 2.09. The van der Waals surface area contributed by atoms with Crippen LogP contribution < -0.4 is 5.32 Å². The summed E-state index contributed by atoms with van der Waals surface area (Å²) >= 11 is 0. The third kappa shape index (κ3) is 2.89. The van der Waals surface area contributed by atoms with Gasteiger partial charge in [-0.2, -0.15) is 5.10 Å². The molecule has 0 fully saturated rings. The summed E-state index contributed by atoms with van der Waals surface area (Å²) < 4.78 is 7.32. The Morgan fingerprint density at radius 2 is 2.17 bits per heavy atom. The fourth-order valence-electron chi connectivity index (χ4n) is 2.04. The smallest absolute Gasteiger partial charge is 0.0841 e. The van der Waals surface area contributed by atoms with E-state index in [4.69, 9.17) is 4.74 Å². The number of nitrogens with zero attached hydrogens (tertiary/aromatic N) is 2. The van der Waals surface area contributed by atoms with Crippen molar-refractivity contribution in [2.45, 2.75) is 26.4 Å². The lowest BCUT2D eigenvalue weighted by atomic mass is 10.2. The van der Waals surface area contributed by atoms with Gasteiger partial charge in [0.1, 0.15) is 0 Å². The van der Waals surface area contributed by atoms with E-state index in [1.54, 1.807) is 0 Å². The molecule has 0 aliphatic rings. The normalized spacial score (nSPS) is 13.1. The number of aryl methyl sites for hydroxylation is 1. The molecule has 2 aromatic rings. The lowest BCUT2D eigenvalue weighted by Gasteiger charge is -2.12. The quantitative estimate of drug-likeness (QED) is 0.849. The van der Waals surface area contributed by atoms with E-state index in [0.717, 1.165) is 25.5 Å². The summed E-state index contributed by atoms with van der Waals surface area (Å²) in [5.74, 6) is 0. The number of hydrogen-bond donors (Lipinski definition) is 1. The molecule has 4 nitrogen and oxygen atoms in total. The van der Waals surface area contributed by atoms with E-state index in [2.05, 4.69) is 35.5 Å². The summed E-state index contributed by atoms with van der Waals surface area (Å²) in [5.41, 5.74) is 2.27. The highest BCUT2D eigenvalue weighted by Gasteiger charge is 2.08. The summed E-state index contributed by atoms with van der Waals surface area (Å²) in [6, 6.07) is 8.64. The van der Waals surface area contributed by atoms with E-state index in [-0.39, 0.29) is 0 Å². The summed E-state index contributed by atoms with van der Waals surface area (Å²) in [7, 11) is 1.98. The Morgan fingerprint density at radius 1 is 1.39 bits per heavy atom. The van der Waals surface area contributed by atoms with Crippen molar-refractivity contribution in [1.29, 1.82) is 0 Å². The molecule has 1 N–H and O–H groups in total. The zero-order valence-electron chi connectivity index (χ0n) is 11.3. The van der Waals surface area contributed by atoms with E-state index in [0.29, 0.717) is 6.04 Å². The van der Waals surface area contributed by atoms with Gasteiger partial charge in [-0.1, -0.05) is 18.2 Å². The molecule has 1 aromatic carbocycles. The van der Waals surface area contributed by atoms with Gasteiger partial charge in [-0.25, -0.2) is 0 Å². The number of ether oxygens (including phenoxy) is 1. The molecule has 1 unspecified atom stereocenters. The average Bonchev–Trinajstić information content (AvgIpc) is 2.71. The van der Waals surface area contributed by atoms with Gasteiger partial charge < -0.3 is 10.1 Å². The molecule has 0 saturated carbocycles. The molecule has 98 valence electrons. The number of rotatable bonds is 6. The SMILES string of the molecule is CCOCC(C)NCc1nn(C)c2ccccc12. The van der Waals surface area contributed by atoms with Crippen molar-refractivity contribution in [2.24, 2.45) is 7.05 Å². The third-order valence-electron chi connectivity index (χ3n) is 3.02. The number of benzene rings is 1. The fourth-order valence-corrected chi connectivity index (χ4v) is 2.04. The number of hydrogen-bond acceptors (Lipinski definition) is 3. The van der Waals surface area contributed by atoms with E-state index in [1.807, 2.05) is 24.7 Å². The Morgan fingerprint density at radius 3 is 2.94 bits per heavy atom. The minimum Gasteiger partial charge on any atom is -0.380 e. The number of fused-ring (bicyclic) bond motifs is 1. The summed E-state index contributed by atoms with van der Waals surface area (Å²) in [6.45, 7) is 6.41. The van der Waals surface area contributed by atoms with Gasteiger partial charge >= 0.3 is 0 Å². The second-order valence-electron chi connectivity index (χ2n) is 4.53. The molecule has 1 atom stereocenters. The van der Waals surface area contributed by atoms with Crippen LogP contribution in [0.5, 0.6) is 0 Å². The first-order valence-corrected chi connectivity index (χ1v) is 6.44. The van der Waals surface area contributed by atoms with Gasteiger partial charge in [-0.15, -0.1) is 0 Å². The topological polar surface area (TPSA) is 39.1 Å². The van der Waals surface area contributed by atoms with Crippen molar-refractivity contribution in [2.75, 3.05) is 13.2 Å². The first kappa shape index (κ1) is 13.1. The van der Waals surface area contributed by atoms with Crippen molar-refractivity contribution in [1.82, 2.24) is 15.1 Å². The van der Waals surface area contributed by atoms with Gasteiger partial charge in [-0.3, -0.25) is 4.68 Å². The number of para-hydroxylation sites is 1. The van der Waals surface area contributed by atoms with Crippen LogP contribution in [0.3, 0.4) is 0 Å². The summed E-state index contributed by atoms with van der Waals surface area (Å²) in [5, 5.41) is 9.21. The van der Waals surface area contributed by atoms with Crippen LogP contribution in [0.2, 0.25) is 0 Å². The lowest BCUT2D eigenvalue weighted by Crippen LogP contribution is -2.30. The van der Waals surface area contributed by atoms with E-state index < -0.39 is 0 Å². The Hall–Kier alpha value is -1.39. The Labute approximate surface area is 108 Å². The first-order chi connectivity index (χ1) is 8.72. The zero-order chi connectivity index (χ0) is 13.0. The minimum absolute atomic E-state index is 0.339. The van der Waals surface area contributed by atoms with Crippen LogP contribution in [0.15, 0.2) is 24.3 Å². The third-order valence-corrected chi connectivity index (χ3v) is 3.02. The number of aromatic nitrogens is 2. The van der Waals surface area contributed by atoms with Crippen LogP contribution in [-0.4, -0.2) is 29.0 Å². The van der Waals surface area contributed by atoms with Crippen LogP contribution in [0.25, 0.3) is 10.9 Å². The highest BCUT2D eigenvalue weighted by Crippen LogP contribution is 2.17. The van der Waals surface area contributed by atoms with Crippen LogP contribution >= 0.6 is 0 Å². The largest absolute Gasteiger partial charge is 0.380 e. The predicted molar refractivity (Wildman–Crippen MR) is 73.5 cm³/mol. The Balaban J connectivity index is 2.03. The van der Waals surface area contributed by atoms with Crippen molar-refractivity contribution in [3.8, 4) is 0 Å². The highest BCUT2D eigenvalue weighted by atomic mass is 16.5. The second kappa shape index (κ2) is 5.98. The van der Waals surface area contributed by atoms with Crippen LogP contribution in [0, 0.1) is 0 Å². The van der Waals surface area contributed by atoms with Gasteiger partial charge in [-0.05, 0) is 19.9 Å². The maximum absolute atomic E-state index is 5.39. The highest BCUT2D eigenvalue weighted by molar-refractivity contribution is 5.81. The van der Waals surface area contributed by atoms with Crippen LogP contribution in [0.1, 0.15) is 19.5 Å². The Kier molecular flexibility index (Phi) is 4.33. The fraction of sp³-hybridized carbons (Fsp3) is 0.500. The molecule has 1 heterocycles. The zero-order valence-corrected chi connectivity index (χ0v) is 11.3. The van der Waals surface area contributed by atoms with Gasteiger partial charge in [0, 0.05) is 31.6 Å².